The summed E-state index contributed by atoms with van der Waals surface area (Å²) in [6, 6.07) is 6.55. The number of hydrogen-bond acceptors (Lipinski definition) is 5. The number of anilines is 1. The van der Waals surface area contributed by atoms with Crippen LogP contribution in [0.15, 0.2) is 29.4 Å². The number of hydrogen-bond donors (Lipinski definition) is 2. The molecular weight excluding hydrogens is 398 g/mol. The van der Waals surface area contributed by atoms with Crippen LogP contribution in [0.2, 0.25) is 5.02 Å². The van der Waals surface area contributed by atoms with E-state index in [4.69, 9.17) is 16.3 Å². The fraction of sp³-hybridized carbons (Fsp3) is 0.350. The number of carbonyl (C=O) groups excluding carboxylic acids is 2. The van der Waals surface area contributed by atoms with E-state index < -0.39 is 12.0 Å². The normalized spacial score (nSPS) is 15.9. The fourth-order valence-electron chi connectivity index (χ4n) is 3.10. The molecule has 0 fully saturated rings. The molecule has 0 radical (unpaired) electrons. The van der Waals surface area contributed by atoms with E-state index in [0.29, 0.717) is 21.5 Å². The Labute approximate surface area is 172 Å². The number of thiophene rings is 1. The Morgan fingerprint density at radius 1 is 1.36 bits per heavy atom. The maximum absolute atomic E-state index is 12.5. The van der Waals surface area contributed by atoms with Crippen LogP contribution in [0, 0.1) is 5.92 Å². The third-order valence-corrected chi connectivity index (χ3v) is 5.89. The van der Waals surface area contributed by atoms with E-state index in [0.717, 1.165) is 35.3 Å². The number of carbonyl (C=O) groups is 2. The molecule has 1 aromatic heterocycles. The van der Waals surface area contributed by atoms with Gasteiger partial charge in [0.1, 0.15) is 5.00 Å². The van der Waals surface area contributed by atoms with E-state index in [1.807, 2.05) is 0 Å². The summed E-state index contributed by atoms with van der Waals surface area (Å²) < 4.78 is 5.21. The molecule has 2 amide bonds. The lowest BCUT2D eigenvalue weighted by Gasteiger charge is -2.18. The van der Waals surface area contributed by atoms with Crippen LogP contribution in [0.3, 0.4) is 0 Å². The average Bonchev–Trinajstić information content (AvgIpc) is 3.00. The van der Waals surface area contributed by atoms with E-state index in [2.05, 4.69) is 22.8 Å². The highest BCUT2D eigenvalue weighted by Gasteiger charge is 2.29. The largest absolute Gasteiger partial charge is 0.462 e. The number of urea groups is 1. The predicted octanol–water partition coefficient (Wildman–Crippen LogP) is 4.86. The van der Waals surface area contributed by atoms with Gasteiger partial charge in [0.05, 0.1) is 18.4 Å². The Hall–Kier alpha value is -2.38. The van der Waals surface area contributed by atoms with Gasteiger partial charge in [-0.15, -0.1) is 11.3 Å². The van der Waals surface area contributed by atoms with Crippen molar-refractivity contribution in [3.8, 4) is 0 Å². The van der Waals surface area contributed by atoms with Crippen LogP contribution in [0.5, 0.6) is 0 Å². The number of amides is 2. The number of rotatable bonds is 5. The van der Waals surface area contributed by atoms with Crippen molar-refractivity contribution < 1.29 is 14.3 Å². The van der Waals surface area contributed by atoms with Gasteiger partial charge in [-0.1, -0.05) is 30.7 Å². The van der Waals surface area contributed by atoms with Crippen molar-refractivity contribution in [2.45, 2.75) is 33.1 Å². The third-order valence-electron chi connectivity index (χ3n) is 4.47. The molecule has 1 atom stereocenters. The summed E-state index contributed by atoms with van der Waals surface area (Å²) in [5, 5.41) is 7.82. The van der Waals surface area contributed by atoms with Crippen LogP contribution in [-0.4, -0.2) is 24.8 Å². The number of esters is 1. The Morgan fingerprint density at radius 2 is 2.11 bits per heavy atom. The van der Waals surface area contributed by atoms with E-state index in [9.17, 15) is 9.59 Å². The number of benzene rings is 1. The minimum absolute atomic E-state index is 0.289. The monoisotopic (exact) mass is 419 g/mol. The summed E-state index contributed by atoms with van der Waals surface area (Å²) in [5.74, 6) is 0.168. The molecular formula is C20H22ClN3O3S. The molecule has 0 saturated carbocycles. The standard InChI is InChI=1S/C20H22ClN3O3S/c1-3-27-19(25)17-15-9-4-12(2)10-16(15)28-18(17)23-20(26)24-22-11-13-5-7-14(21)8-6-13/h5-8,11-12H,3-4,9-10H2,1-2H3,(H2,23,24,26)/b22-11+. The maximum Gasteiger partial charge on any atom is 0.341 e. The topological polar surface area (TPSA) is 79.8 Å². The van der Waals surface area contributed by atoms with Gasteiger partial charge in [-0.2, -0.15) is 5.10 Å². The van der Waals surface area contributed by atoms with Crippen LogP contribution >= 0.6 is 22.9 Å². The summed E-state index contributed by atoms with van der Waals surface area (Å²) in [4.78, 5) is 25.9. The van der Waals surface area contributed by atoms with Crippen LogP contribution in [-0.2, 0) is 17.6 Å². The molecule has 28 heavy (non-hydrogen) atoms. The van der Waals surface area contributed by atoms with Crippen molar-refractivity contribution in [2.24, 2.45) is 11.0 Å². The second-order valence-electron chi connectivity index (χ2n) is 6.65. The Balaban J connectivity index is 1.72. The zero-order valence-corrected chi connectivity index (χ0v) is 17.3. The summed E-state index contributed by atoms with van der Waals surface area (Å²) in [6.07, 6.45) is 4.26. The Bertz CT molecular complexity index is 893. The van der Waals surface area contributed by atoms with Crippen LogP contribution in [0.1, 0.15) is 46.6 Å². The number of ether oxygens (including phenoxy) is 1. The minimum Gasteiger partial charge on any atom is -0.462 e. The zero-order valence-electron chi connectivity index (χ0n) is 15.8. The second-order valence-corrected chi connectivity index (χ2v) is 8.19. The smallest absolute Gasteiger partial charge is 0.341 e. The van der Waals surface area contributed by atoms with Crippen molar-refractivity contribution in [1.82, 2.24) is 5.43 Å². The second kappa shape index (κ2) is 9.21. The molecule has 6 nitrogen and oxygen atoms in total. The highest BCUT2D eigenvalue weighted by Crippen LogP contribution is 2.40. The van der Waals surface area contributed by atoms with Gasteiger partial charge in [-0.05, 0) is 55.4 Å². The zero-order chi connectivity index (χ0) is 20.1. The van der Waals surface area contributed by atoms with Gasteiger partial charge < -0.3 is 4.74 Å². The average molecular weight is 420 g/mol. The molecule has 2 N–H and O–H groups in total. The quantitative estimate of drug-likeness (QED) is 0.412. The number of fused-ring (bicyclic) bond motifs is 1. The lowest BCUT2D eigenvalue weighted by atomic mass is 9.88. The number of nitrogens with one attached hydrogen (secondary N) is 2. The molecule has 0 spiro atoms. The molecule has 1 aliphatic rings. The Kier molecular flexibility index (Phi) is 6.70. The minimum atomic E-state index is -0.512. The van der Waals surface area contributed by atoms with Gasteiger partial charge in [0.25, 0.3) is 0 Å². The highest BCUT2D eigenvalue weighted by molar-refractivity contribution is 7.17. The molecule has 1 unspecified atom stereocenters. The SMILES string of the molecule is CCOC(=O)c1c(NC(=O)N/N=C/c2ccc(Cl)cc2)sc2c1CCC(C)C2. The molecule has 0 aliphatic heterocycles. The summed E-state index contributed by atoms with van der Waals surface area (Å²) in [5.41, 5.74) is 4.70. The molecule has 3 rings (SSSR count). The summed E-state index contributed by atoms with van der Waals surface area (Å²) in [6.45, 7) is 4.25. The van der Waals surface area contributed by atoms with Crippen LogP contribution < -0.4 is 10.7 Å². The van der Waals surface area contributed by atoms with E-state index in [-0.39, 0.29) is 6.61 Å². The first-order valence-corrected chi connectivity index (χ1v) is 10.3. The van der Waals surface area contributed by atoms with Gasteiger partial charge in [0.15, 0.2) is 0 Å². The first kappa shape index (κ1) is 20.4. The molecule has 0 saturated heterocycles. The lowest BCUT2D eigenvalue weighted by molar-refractivity contribution is 0.0526. The number of nitrogens with zero attached hydrogens (tertiary/aromatic N) is 1. The summed E-state index contributed by atoms with van der Waals surface area (Å²) >= 11 is 7.28. The molecule has 1 aromatic carbocycles. The van der Waals surface area contributed by atoms with Gasteiger partial charge in [-0.25, -0.2) is 15.0 Å². The maximum atomic E-state index is 12.5. The molecule has 1 aliphatic carbocycles. The number of halogens is 1. The molecule has 0 bridgehead atoms. The third kappa shape index (κ3) is 4.91. The molecule has 2 aromatic rings. The molecule has 148 valence electrons. The summed E-state index contributed by atoms with van der Waals surface area (Å²) in [7, 11) is 0. The molecule has 1 heterocycles. The Morgan fingerprint density at radius 3 is 2.82 bits per heavy atom. The fourth-order valence-corrected chi connectivity index (χ4v) is 4.62. The van der Waals surface area contributed by atoms with Gasteiger partial charge in [-0.3, -0.25) is 5.32 Å². The van der Waals surface area contributed by atoms with Crippen molar-refractivity contribution in [3.63, 3.8) is 0 Å². The van der Waals surface area contributed by atoms with Crippen molar-refractivity contribution in [3.05, 3.63) is 50.9 Å². The van der Waals surface area contributed by atoms with Crippen LogP contribution in [0.4, 0.5) is 9.80 Å². The van der Waals surface area contributed by atoms with Gasteiger partial charge >= 0.3 is 12.0 Å². The highest BCUT2D eigenvalue weighted by atomic mass is 35.5. The molecule has 8 heteroatoms. The van der Waals surface area contributed by atoms with Crippen molar-refractivity contribution >= 4 is 46.2 Å². The first-order chi connectivity index (χ1) is 13.5. The van der Waals surface area contributed by atoms with Gasteiger partial charge in [0.2, 0.25) is 0 Å². The van der Waals surface area contributed by atoms with Gasteiger partial charge in [0, 0.05) is 9.90 Å². The van der Waals surface area contributed by atoms with E-state index in [1.165, 1.54) is 17.6 Å². The van der Waals surface area contributed by atoms with E-state index in [1.54, 1.807) is 31.2 Å². The van der Waals surface area contributed by atoms with Crippen molar-refractivity contribution in [2.75, 3.05) is 11.9 Å². The first-order valence-electron chi connectivity index (χ1n) is 9.15. The van der Waals surface area contributed by atoms with Crippen molar-refractivity contribution in [1.29, 1.82) is 0 Å². The number of hydrazone groups is 1. The predicted molar refractivity (Wildman–Crippen MR) is 113 cm³/mol. The van der Waals surface area contributed by atoms with Crippen LogP contribution in [0.25, 0.3) is 0 Å². The van der Waals surface area contributed by atoms with E-state index >= 15 is 0 Å². The lowest BCUT2D eigenvalue weighted by Crippen LogP contribution is -2.25.